The van der Waals surface area contributed by atoms with Crippen LogP contribution in [0.5, 0.6) is 11.5 Å². The minimum atomic E-state index is -0.0316. The quantitative estimate of drug-likeness (QED) is 0.375. The van der Waals surface area contributed by atoms with E-state index in [9.17, 15) is 4.79 Å². The van der Waals surface area contributed by atoms with E-state index in [1.54, 1.807) is 11.8 Å². The Labute approximate surface area is 211 Å². The van der Waals surface area contributed by atoms with Gasteiger partial charge < -0.3 is 19.3 Å². The van der Waals surface area contributed by atoms with Gasteiger partial charge in [-0.25, -0.2) is 4.68 Å². The molecule has 0 aliphatic carbocycles. The van der Waals surface area contributed by atoms with Crippen LogP contribution < -0.4 is 14.4 Å². The molecule has 7 nitrogen and oxygen atoms in total. The number of carbonyl (C=O) groups excluding carboxylic acids is 1. The number of methoxy groups -OCH3 is 1. The Morgan fingerprint density at radius 1 is 0.861 bits per heavy atom. The number of para-hydroxylation sites is 4. The summed E-state index contributed by atoms with van der Waals surface area (Å²) >= 11 is 0. The van der Waals surface area contributed by atoms with Gasteiger partial charge in [0.1, 0.15) is 17.2 Å². The molecule has 0 N–H and O–H groups in total. The maximum atomic E-state index is 13.8. The van der Waals surface area contributed by atoms with Crippen LogP contribution in [0, 0.1) is 0 Å². The van der Waals surface area contributed by atoms with Crippen LogP contribution in [0.1, 0.15) is 17.3 Å². The molecule has 7 heteroatoms. The van der Waals surface area contributed by atoms with Crippen molar-refractivity contribution >= 4 is 11.6 Å². The van der Waals surface area contributed by atoms with Crippen LogP contribution in [0.3, 0.4) is 0 Å². The lowest BCUT2D eigenvalue weighted by molar-refractivity contribution is 0.0747. The van der Waals surface area contributed by atoms with Gasteiger partial charge in [0.25, 0.3) is 5.91 Å². The Kier molecular flexibility index (Phi) is 6.89. The van der Waals surface area contributed by atoms with Gasteiger partial charge in [-0.2, -0.15) is 5.10 Å². The second-order valence-corrected chi connectivity index (χ2v) is 8.55. The van der Waals surface area contributed by atoms with E-state index in [1.807, 2.05) is 90.8 Å². The number of aromatic nitrogens is 2. The first-order valence-electron chi connectivity index (χ1n) is 12.2. The summed E-state index contributed by atoms with van der Waals surface area (Å²) in [4.78, 5) is 18.0. The molecule has 184 valence electrons. The molecule has 0 bridgehead atoms. The topological polar surface area (TPSA) is 59.8 Å². The molecule has 0 atom stereocenters. The van der Waals surface area contributed by atoms with Crippen molar-refractivity contribution in [3.8, 4) is 28.4 Å². The van der Waals surface area contributed by atoms with E-state index in [0.29, 0.717) is 36.7 Å². The van der Waals surface area contributed by atoms with E-state index in [0.717, 1.165) is 35.8 Å². The summed E-state index contributed by atoms with van der Waals surface area (Å²) in [6.07, 6.45) is 1.83. The Hall–Kier alpha value is -4.26. The standard InChI is InChI=1S/C29H30N4O3/c1-3-36-27-16-10-8-14-25(27)31-17-19-32(20-18-31)29(34)24-21-33(22-11-5-4-6-12-22)30-28(24)23-13-7-9-15-26(23)35-2/h4-16,21H,3,17-20H2,1-2H3. The van der Waals surface area contributed by atoms with E-state index >= 15 is 0 Å². The zero-order valence-electron chi connectivity index (χ0n) is 20.6. The number of benzene rings is 3. The summed E-state index contributed by atoms with van der Waals surface area (Å²) in [5.74, 6) is 1.53. The van der Waals surface area contributed by atoms with Crippen LogP contribution in [0.2, 0.25) is 0 Å². The summed E-state index contributed by atoms with van der Waals surface area (Å²) in [6.45, 7) is 5.29. The number of hydrogen-bond acceptors (Lipinski definition) is 5. The summed E-state index contributed by atoms with van der Waals surface area (Å²) in [6, 6.07) is 25.6. The van der Waals surface area contributed by atoms with Crippen molar-refractivity contribution in [1.82, 2.24) is 14.7 Å². The monoisotopic (exact) mass is 482 g/mol. The predicted octanol–water partition coefficient (Wildman–Crippen LogP) is 4.91. The molecule has 1 aliphatic rings. The molecule has 1 amide bonds. The predicted molar refractivity (Wildman–Crippen MR) is 141 cm³/mol. The number of amides is 1. The fraction of sp³-hybridized carbons (Fsp3) is 0.241. The zero-order valence-corrected chi connectivity index (χ0v) is 20.6. The highest BCUT2D eigenvalue weighted by molar-refractivity contribution is 6.00. The van der Waals surface area contributed by atoms with Crippen LogP contribution in [-0.2, 0) is 0 Å². The SMILES string of the molecule is CCOc1ccccc1N1CCN(C(=O)c2cn(-c3ccccc3)nc2-c2ccccc2OC)CC1. The zero-order chi connectivity index (χ0) is 24.9. The van der Waals surface area contributed by atoms with E-state index in [4.69, 9.17) is 14.6 Å². The normalized spacial score (nSPS) is 13.5. The Morgan fingerprint density at radius 2 is 1.53 bits per heavy atom. The molecule has 0 unspecified atom stereocenters. The van der Waals surface area contributed by atoms with Crippen molar-refractivity contribution in [3.05, 3.63) is 90.6 Å². The number of carbonyl (C=O) groups is 1. The highest BCUT2D eigenvalue weighted by Crippen LogP contribution is 2.33. The highest BCUT2D eigenvalue weighted by atomic mass is 16.5. The maximum Gasteiger partial charge on any atom is 0.257 e. The minimum absolute atomic E-state index is 0.0316. The molecule has 36 heavy (non-hydrogen) atoms. The summed E-state index contributed by atoms with van der Waals surface area (Å²) in [5, 5.41) is 4.83. The van der Waals surface area contributed by atoms with E-state index in [2.05, 4.69) is 11.0 Å². The van der Waals surface area contributed by atoms with E-state index < -0.39 is 0 Å². The van der Waals surface area contributed by atoms with Crippen molar-refractivity contribution in [2.24, 2.45) is 0 Å². The largest absolute Gasteiger partial charge is 0.496 e. The molecule has 0 radical (unpaired) electrons. The van der Waals surface area contributed by atoms with Gasteiger partial charge in [-0.15, -0.1) is 0 Å². The van der Waals surface area contributed by atoms with Crippen LogP contribution >= 0.6 is 0 Å². The molecule has 1 fully saturated rings. The molecule has 5 rings (SSSR count). The molecule has 3 aromatic carbocycles. The average Bonchev–Trinajstić information content (AvgIpc) is 3.39. The molecular weight excluding hydrogens is 452 g/mol. The number of rotatable bonds is 7. The molecule has 1 saturated heterocycles. The van der Waals surface area contributed by atoms with Crippen molar-refractivity contribution < 1.29 is 14.3 Å². The summed E-state index contributed by atoms with van der Waals surface area (Å²) in [7, 11) is 1.63. The Balaban J connectivity index is 1.43. The lowest BCUT2D eigenvalue weighted by atomic mass is 10.1. The Morgan fingerprint density at radius 3 is 2.25 bits per heavy atom. The summed E-state index contributed by atoms with van der Waals surface area (Å²) in [5.41, 5.74) is 3.93. The van der Waals surface area contributed by atoms with Crippen LogP contribution in [0.4, 0.5) is 5.69 Å². The van der Waals surface area contributed by atoms with Crippen molar-refractivity contribution in [2.45, 2.75) is 6.92 Å². The molecule has 1 aromatic heterocycles. The fourth-order valence-electron chi connectivity index (χ4n) is 4.60. The van der Waals surface area contributed by atoms with Gasteiger partial charge in [-0.1, -0.05) is 42.5 Å². The van der Waals surface area contributed by atoms with E-state index in [1.165, 1.54) is 0 Å². The molecule has 2 heterocycles. The maximum absolute atomic E-state index is 13.8. The van der Waals surface area contributed by atoms with Gasteiger partial charge in [-0.3, -0.25) is 4.79 Å². The number of hydrogen-bond donors (Lipinski definition) is 0. The first-order chi connectivity index (χ1) is 17.7. The first-order valence-corrected chi connectivity index (χ1v) is 12.2. The van der Waals surface area contributed by atoms with Crippen LogP contribution in [0.15, 0.2) is 85.1 Å². The lowest BCUT2D eigenvalue weighted by Crippen LogP contribution is -2.49. The van der Waals surface area contributed by atoms with Crippen molar-refractivity contribution in [2.75, 3.05) is 44.8 Å². The highest BCUT2D eigenvalue weighted by Gasteiger charge is 2.28. The van der Waals surface area contributed by atoms with Crippen molar-refractivity contribution in [3.63, 3.8) is 0 Å². The van der Waals surface area contributed by atoms with Gasteiger partial charge in [0.05, 0.1) is 30.7 Å². The number of nitrogens with zero attached hydrogens (tertiary/aromatic N) is 4. The Bertz CT molecular complexity index is 1330. The minimum Gasteiger partial charge on any atom is -0.496 e. The van der Waals surface area contributed by atoms with Gasteiger partial charge in [0.2, 0.25) is 0 Å². The molecule has 0 spiro atoms. The molecular formula is C29H30N4O3. The van der Waals surface area contributed by atoms with Gasteiger partial charge in [0, 0.05) is 37.9 Å². The smallest absolute Gasteiger partial charge is 0.257 e. The second kappa shape index (κ2) is 10.6. The van der Waals surface area contributed by atoms with Crippen LogP contribution in [0.25, 0.3) is 16.9 Å². The number of ether oxygens (including phenoxy) is 2. The first kappa shape index (κ1) is 23.5. The third-order valence-corrected chi connectivity index (χ3v) is 6.40. The second-order valence-electron chi connectivity index (χ2n) is 8.55. The molecule has 1 aliphatic heterocycles. The van der Waals surface area contributed by atoms with Crippen LogP contribution in [-0.4, -0.2) is 60.5 Å². The van der Waals surface area contributed by atoms with Crippen molar-refractivity contribution in [1.29, 1.82) is 0 Å². The number of anilines is 1. The lowest BCUT2D eigenvalue weighted by Gasteiger charge is -2.36. The number of piperazine rings is 1. The summed E-state index contributed by atoms with van der Waals surface area (Å²) < 4.78 is 13.2. The van der Waals surface area contributed by atoms with E-state index in [-0.39, 0.29) is 5.91 Å². The fourth-order valence-corrected chi connectivity index (χ4v) is 4.60. The molecule has 0 saturated carbocycles. The van der Waals surface area contributed by atoms with Gasteiger partial charge in [-0.05, 0) is 43.3 Å². The third-order valence-electron chi connectivity index (χ3n) is 6.40. The third kappa shape index (κ3) is 4.64. The molecule has 4 aromatic rings. The van der Waals surface area contributed by atoms with Gasteiger partial charge >= 0.3 is 0 Å². The average molecular weight is 483 g/mol. The van der Waals surface area contributed by atoms with Gasteiger partial charge in [0.15, 0.2) is 0 Å².